The van der Waals surface area contributed by atoms with Crippen LogP contribution in [0.25, 0.3) is 0 Å². The highest BCUT2D eigenvalue weighted by molar-refractivity contribution is 6.32. The third-order valence-electron chi connectivity index (χ3n) is 4.11. The van der Waals surface area contributed by atoms with Crippen LogP contribution in [0.3, 0.4) is 0 Å². The average Bonchev–Trinajstić information content (AvgIpc) is 3.24. The van der Waals surface area contributed by atoms with Crippen molar-refractivity contribution in [3.05, 3.63) is 75.5 Å². The molecule has 0 radical (unpaired) electrons. The number of hydrogen-bond acceptors (Lipinski definition) is 4. The van der Waals surface area contributed by atoms with E-state index in [0.29, 0.717) is 12.2 Å². The first-order valence-corrected chi connectivity index (χ1v) is 9.31. The first-order valence-electron chi connectivity index (χ1n) is 8.56. The van der Waals surface area contributed by atoms with Crippen LogP contribution in [-0.4, -0.2) is 27.3 Å². The Morgan fingerprint density at radius 3 is 2.79 bits per heavy atom. The van der Waals surface area contributed by atoms with E-state index in [1.165, 1.54) is 47.8 Å². The van der Waals surface area contributed by atoms with Gasteiger partial charge in [-0.25, -0.2) is 9.37 Å². The Hall–Kier alpha value is -3.08. The van der Waals surface area contributed by atoms with Crippen LogP contribution in [0.5, 0.6) is 11.5 Å². The maximum atomic E-state index is 15.1. The van der Waals surface area contributed by atoms with Gasteiger partial charge in [0.15, 0.2) is 11.6 Å². The monoisotopic (exact) mass is 432 g/mol. The minimum absolute atomic E-state index is 0.00665. The van der Waals surface area contributed by atoms with Gasteiger partial charge >= 0.3 is 0 Å². The third kappa shape index (κ3) is 4.67. The lowest BCUT2D eigenvalue weighted by Gasteiger charge is -2.21. The molecule has 0 aliphatic rings. The zero-order chi connectivity index (χ0) is 21.0. The molecule has 29 heavy (non-hydrogen) atoms. The fraction of sp³-hybridized carbons (Fsp3) is 0.150. The Morgan fingerprint density at radius 2 is 2.14 bits per heavy atom. The molecule has 0 spiro atoms. The standard InChI is InChI=1S/C20H15Cl2FN4O2/c1-2-27(20(28)17-9-25-11-26-17)10-13-3-4-16(22)19(18(13)23)29-15-6-12(8-24)5-14(21)7-15/h3-7,9,11H,2,10H2,1H3,(H,25,26). The lowest BCUT2D eigenvalue weighted by molar-refractivity contribution is 0.0745. The van der Waals surface area contributed by atoms with E-state index >= 15 is 4.39 Å². The summed E-state index contributed by atoms with van der Waals surface area (Å²) in [5.74, 6) is -1.05. The van der Waals surface area contributed by atoms with E-state index in [9.17, 15) is 4.79 Å². The molecular formula is C20H15Cl2FN4O2. The second-order valence-electron chi connectivity index (χ2n) is 6.02. The number of nitrogens with zero attached hydrogens (tertiary/aromatic N) is 3. The highest BCUT2D eigenvalue weighted by Crippen LogP contribution is 2.35. The van der Waals surface area contributed by atoms with Gasteiger partial charge in [0.05, 0.1) is 29.2 Å². The Balaban J connectivity index is 1.90. The molecule has 3 aromatic rings. The minimum Gasteiger partial charge on any atom is -0.453 e. The van der Waals surface area contributed by atoms with E-state index in [1.54, 1.807) is 6.92 Å². The molecule has 1 amide bonds. The van der Waals surface area contributed by atoms with E-state index in [4.69, 9.17) is 33.2 Å². The largest absolute Gasteiger partial charge is 0.453 e. The molecule has 0 unspecified atom stereocenters. The summed E-state index contributed by atoms with van der Waals surface area (Å²) in [6.07, 6.45) is 2.81. The highest BCUT2D eigenvalue weighted by Gasteiger charge is 2.21. The zero-order valence-electron chi connectivity index (χ0n) is 15.2. The van der Waals surface area contributed by atoms with Crippen LogP contribution in [0.15, 0.2) is 42.9 Å². The maximum absolute atomic E-state index is 15.1. The molecule has 0 saturated heterocycles. The van der Waals surface area contributed by atoms with E-state index in [2.05, 4.69) is 9.97 Å². The van der Waals surface area contributed by atoms with Crippen molar-refractivity contribution in [2.75, 3.05) is 6.54 Å². The Kier molecular flexibility index (Phi) is 6.37. The van der Waals surface area contributed by atoms with Crippen molar-refractivity contribution < 1.29 is 13.9 Å². The zero-order valence-corrected chi connectivity index (χ0v) is 16.8. The number of nitriles is 1. The summed E-state index contributed by atoms with van der Waals surface area (Å²) < 4.78 is 20.7. The van der Waals surface area contributed by atoms with Crippen molar-refractivity contribution >= 4 is 29.1 Å². The number of aromatic nitrogens is 2. The average molecular weight is 433 g/mol. The lowest BCUT2D eigenvalue weighted by Crippen LogP contribution is -2.31. The Morgan fingerprint density at radius 1 is 1.34 bits per heavy atom. The minimum atomic E-state index is -0.702. The number of H-pyrrole nitrogens is 1. The molecule has 1 aromatic heterocycles. The van der Waals surface area contributed by atoms with Gasteiger partial charge in [0, 0.05) is 23.7 Å². The predicted octanol–water partition coefficient (Wildman–Crippen LogP) is 5.18. The topological polar surface area (TPSA) is 82.0 Å². The van der Waals surface area contributed by atoms with Crippen LogP contribution >= 0.6 is 23.2 Å². The number of imidazole rings is 1. The molecule has 2 aromatic carbocycles. The Labute approximate surface area is 176 Å². The van der Waals surface area contributed by atoms with Gasteiger partial charge in [0.2, 0.25) is 0 Å². The van der Waals surface area contributed by atoms with Gasteiger partial charge in [0.25, 0.3) is 5.91 Å². The second kappa shape index (κ2) is 8.95. The van der Waals surface area contributed by atoms with Crippen molar-refractivity contribution in [1.82, 2.24) is 14.9 Å². The van der Waals surface area contributed by atoms with Gasteiger partial charge in [-0.3, -0.25) is 4.79 Å². The maximum Gasteiger partial charge on any atom is 0.272 e. The quantitative estimate of drug-likeness (QED) is 0.581. The van der Waals surface area contributed by atoms with Gasteiger partial charge in [-0.1, -0.05) is 29.3 Å². The summed E-state index contributed by atoms with van der Waals surface area (Å²) in [5, 5.41) is 9.37. The van der Waals surface area contributed by atoms with Crippen molar-refractivity contribution in [2.45, 2.75) is 13.5 Å². The van der Waals surface area contributed by atoms with Crippen LogP contribution in [0, 0.1) is 17.1 Å². The molecule has 148 valence electrons. The molecule has 0 atom stereocenters. The number of amides is 1. The second-order valence-corrected chi connectivity index (χ2v) is 6.87. The SMILES string of the molecule is CCN(Cc1ccc(Cl)c(Oc2cc(Cl)cc(C#N)c2)c1F)C(=O)c1cnc[nH]1. The Bertz CT molecular complexity index is 1080. The smallest absolute Gasteiger partial charge is 0.272 e. The van der Waals surface area contributed by atoms with Crippen LogP contribution in [0.1, 0.15) is 28.5 Å². The molecule has 9 heteroatoms. The van der Waals surface area contributed by atoms with E-state index < -0.39 is 5.82 Å². The normalized spacial score (nSPS) is 10.4. The summed E-state index contributed by atoms with van der Waals surface area (Å²) >= 11 is 12.1. The number of ether oxygens (including phenoxy) is 1. The first-order chi connectivity index (χ1) is 13.9. The number of carbonyl (C=O) groups excluding carboxylic acids is 1. The van der Waals surface area contributed by atoms with E-state index in [1.807, 2.05) is 6.07 Å². The number of aromatic amines is 1. The molecule has 3 rings (SSSR count). The number of rotatable bonds is 6. The van der Waals surface area contributed by atoms with Crippen LogP contribution in [0.2, 0.25) is 10.0 Å². The molecule has 0 fully saturated rings. The summed E-state index contributed by atoms with van der Waals surface area (Å²) in [6.45, 7) is 2.15. The molecule has 0 bridgehead atoms. The fourth-order valence-corrected chi connectivity index (χ4v) is 3.08. The highest BCUT2D eigenvalue weighted by atomic mass is 35.5. The predicted molar refractivity (Wildman–Crippen MR) is 107 cm³/mol. The summed E-state index contributed by atoms with van der Waals surface area (Å²) in [6, 6.07) is 9.26. The molecule has 1 N–H and O–H groups in total. The summed E-state index contributed by atoms with van der Waals surface area (Å²) in [7, 11) is 0. The molecule has 0 aliphatic carbocycles. The number of halogens is 3. The number of nitrogens with one attached hydrogen (secondary N) is 1. The molecule has 0 aliphatic heterocycles. The summed E-state index contributed by atoms with van der Waals surface area (Å²) in [4.78, 5) is 20.6. The molecule has 0 saturated carbocycles. The van der Waals surface area contributed by atoms with Crippen LogP contribution in [-0.2, 0) is 6.54 Å². The fourth-order valence-electron chi connectivity index (χ4n) is 2.67. The van der Waals surface area contributed by atoms with Gasteiger partial charge in [-0.2, -0.15) is 5.26 Å². The van der Waals surface area contributed by atoms with E-state index in [-0.39, 0.29) is 45.1 Å². The number of hydrogen-bond donors (Lipinski definition) is 1. The van der Waals surface area contributed by atoms with Crippen LogP contribution in [0.4, 0.5) is 4.39 Å². The summed E-state index contributed by atoms with van der Waals surface area (Å²) in [5.41, 5.74) is 0.796. The van der Waals surface area contributed by atoms with Gasteiger partial charge < -0.3 is 14.6 Å². The third-order valence-corrected chi connectivity index (χ3v) is 4.62. The molecular weight excluding hydrogens is 418 g/mol. The number of carbonyl (C=O) groups is 1. The van der Waals surface area contributed by atoms with Gasteiger partial charge in [0.1, 0.15) is 11.4 Å². The number of benzene rings is 2. The first kappa shape index (κ1) is 20.6. The van der Waals surface area contributed by atoms with Crippen molar-refractivity contribution in [3.63, 3.8) is 0 Å². The van der Waals surface area contributed by atoms with Crippen molar-refractivity contribution in [1.29, 1.82) is 5.26 Å². The van der Waals surface area contributed by atoms with Gasteiger partial charge in [-0.15, -0.1) is 0 Å². The van der Waals surface area contributed by atoms with Gasteiger partial charge in [-0.05, 0) is 31.2 Å². The van der Waals surface area contributed by atoms with E-state index in [0.717, 1.165) is 0 Å². The molecule has 1 heterocycles. The lowest BCUT2D eigenvalue weighted by atomic mass is 10.1. The molecule has 6 nitrogen and oxygen atoms in total. The van der Waals surface area contributed by atoms with Crippen molar-refractivity contribution in [2.24, 2.45) is 0 Å². The van der Waals surface area contributed by atoms with Crippen LogP contribution < -0.4 is 4.74 Å². The van der Waals surface area contributed by atoms with Crippen molar-refractivity contribution in [3.8, 4) is 17.6 Å².